The molecule has 0 fully saturated rings. The van der Waals surface area contributed by atoms with Crippen LogP contribution in [0.25, 0.3) is 0 Å². The average Bonchev–Trinajstić information content (AvgIpc) is 2.42. The number of ether oxygens (including phenoxy) is 2. The lowest BCUT2D eigenvalue weighted by Crippen LogP contribution is -2.44. The Morgan fingerprint density at radius 3 is 2.33 bits per heavy atom. The highest BCUT2D eigenvalue weighted by molar-refractivity contribution is 5.98. The van der Waals surface area contributed by atoms with E-state index in [1.165, 1.54) is 0 Å². The van der Waals surface area contributed by atoms with Crippen LogP contribution in [0, 0.1) is 17.3 Å². The van der Waals surface area contributed by atoms with Gasteiger partial charge in [0, 0.05) is 18.8 Å². The second kappa shape index (κ2) is 6.12. The average molecular weight is 294 g/mol. The van der Waals surface area contributed by atoms with Gasteiger partial charge in [-0.3, -0.25) is 4.79 Å². The van der Waals surface area contributed by atoms with E-state index < -0.39 is 0 Å². The van der Waals surface area contributed by atoms with Crippen LogP contribution in [0.1, 0.15) is 67.2 Å². The topological polar surface area (TPSA) is 35.5 Å². The second-order valence-electron chi connectivity index (χ2n) is 7.59. The van der Waals surface area contributed by atoms with Crippen molar-refractivity contribution >= 4 is 5.78 Å². The number of carbonyl (C=O) groups excluding carboxylic acids is 1. The van der Waals surface area contributed by atoms with Gasteiger partial charge in [-0.1, -0.05) is 48.0 Å². The van der Waals surface area contributed by atoms with Crippen molar-refractivity contribution in [1.29, 1.82) is 0 Å². The minimum absolute atomic E-state index is 0.00668. The molecule has 0 aromatic carbocycles. The molecule has 1 aliphatic heterocycles. The molecule has 120 valence electrons. The van der Waals surface area contributed by atoms with Crippen molar-refractivity contribution in [3.8, 4) is 0 Å². The van der Waals surface area contributed by atoms with Gasteiger partial charge in [0.1, 0.15) is 5.76 Å². The maximum absolute atomic E-state index is 12.6. The molecule has 0 aromatic rings. The van der Waals surface area contributed by atoms with Crippen molar-refractivity contribution in [2.75, 3.05) is 0 Å². The van der Waals surface area contributed by atoms with Crippen molar-refractivity contribution in [3.63, 3.8) is 0 Å². The first-order valence-electron chi connectivity index (χ1n) is 8.37. The summed E-state index contributed by atoms with van der Waals surface area (Å²) < 4.78 is 12.3. The molecule has 0 spiro atoms. The van der Waals surface area contributed by atoms with Crippen molar-refractivity contribution in [2.45, 2.75) is 79.6 Å². The molecule has 3 heteroatoms. The number of rotatable bonds is 4. The smallest absolute Gasteiger partial charge is 0.202 e. The minimum atomic E-state index is -0.213. The third-order valence-electron chi connectivity index (χ3n) is 4.97. The molecule has 2 rings (SSSR count). The van der Waals surface area contributed by atoms with Gasteiger partial charge < -0.3 is 9.47 Å². The fraction of sp³-hybridized carbons (Fsp3) is 0.833. The fourth-order valence-electron chi connectivity index (χ4n) is 3.16. The molecule has 0 bridgehead atoms. The number of Topliss-reactive ketones (excluding diaryl/α,β-unsaturated/α-hetero) is 1. The Bertz CT molecular complexity index is 436. The molecule has 0 amide bonds. The van der Waals surface area contributed by atoms with Crippen LogP contribution in [-0.4, -0.2) is 18.2 Å². The second-order valence-corrected chi connectivity index (χ2v) is 7.59. The zero-order valence-electron chi connectivity index (χ0n) is 14.4. The highest BCUT2D eigenvalue weighted by Gasteiger charge is 2.44. The molecule has 0 radical (unpaired) electrons. The summed E-state index contributed by atoms with van der Waals surface area (Å²) in [4.78, 5) is 12.6. The largest absolute Gasteiger partial charge is 0.468 e. The summed E-state index contributed by atoms with van der Waals surface area (Å²) in [5.41, 5.74) is 0.816. The number of hydrogen-bond donors (Lipinski definition) is 0. The van der Waals surface area contributed by atoms with Crippen LogP contribution >= 0.6 is 0 Å². The standard InChI is InChI=1S/C18H30O3/c1-7-11(3)16-15-13(19)9-18(5,6)10-14(15)20-17(21-16)12(4)8-2/h11-12,16-17H,7-10H2,1-6H3. The minimum Gasteiger partial charge on any atom is -0.468 e. The van der Waals surface area contributed by atoms with Gasteiger partial charge in [-0.25, -0.2) is 0 Å². The molecule has 0 saturated carbocycles. The predicted octanol–water partition coefficient (Wildman–Crippen LogP) is 4.46. The van der Waals surface area contributed by atoms with Crippen LogP contribution in [0.2, 0.25) is 0 Å². The SMILES string of the molecule is CCC(C)C1OC2=C(C(=O)CC(C)(C)C2)C(C(C)CC)O1. The first-order valence-corrected chi connectivity index (χ1v) is 8.37. The van der Waals surface area contributed by atoms with Gasteiger partial charge in [-0.05, 0) is 17.8 Å². The Labute approximate surface area is 129 Å². The Hall–Kier alpha value is -0.830. The van der Waals surface area contributed by atoms with Crippen LogP contribution in [0.5, 0.6) is 0 Å². The predicted molar refractivity (Wildman–Crippen MR) is 83.7 cm³/mol. The maximum Gasteiger partial charge on any atom is 0.202 e. The Balaban J connectivity index is 2.37. The monoisotopic (exact) mass is 294 g/mol. The fourth-order valence-corrected chi connectivity index (χ4v) is 3.16. The summed E-state index contributed by atoms with van der Waals surface area (Å²) in [5, 5.41) is 0. The van der Waals surface area contributed by atoms with E-state index in [4.69, 9.17) is 9.47 Å². The van der Waals surface area contributed by atoms with E-state index in [1.54, 1.807) is 0 Å². The number of carbonyl (C=O) groups is 1. The van der Waals surface area contributed by atoms with Gasteiger partial charge in [0.25, 0.3) is 0 Å². The van der Waals surface area contributed by atoms with E-state index in [9.17, 15) is 4.79 Å². The molecule has 2 aliphatic rings. The third kappa shape index (κ3) is 3.33. The molecule has 4 unspecified atom stereocenters. The van der Waals surface area contributed by atoms with Crippen LogP contribution < -0.4 is 0 Å². The van der Waals surface area contributed by atoms with E-state index in [0.717, 1.165) is 30.6 Å². The van der Waals surface area contributed by atoms with Crippen LogP contribution in [0.3, 0.4) is 0 Å². The van der Waals surface area contributed by atoms with E-state index in [0.29, 0.717) is 18.3 Å². The van der Waals surface area contributed by atoms with E-state index in [1.807, 2.05) is 0 Å². The molecule has 3 nitrogen and oxygen atoms in total. The number of ketones is 1. The summed E-state index contributed by atoms with van der Waals surface area (Å²) in [7, 11) is 0. The summed E-state index contributed by atoms with van der Waals surface area (Å²) in [6, 6.07) is 0. The van der Waals surface area contributed by atoms with E-state index in [2.05, 4.69) is 41.5 Å². The first-order chi connectivity index (χ1) is 9.79. The van der Waals surface area contributed by atoms with Crippen LogP contribution in [0.4, 0.5) is 0 Å². The Morgan fingerprint density at radius 2 is 1.76 bits per heavy atom. The van der Waals surface area contributed by atoms with Gasteiger partial charge in [-0.15, -0.1) is 0 Å². The summed E-state index contributed by atoms with van der Waals surface area (Å²) >= 11 is 0. The molecule has 0 aromatic heterocycles. The molecular formula is C18H30O3. The van der Waals surface area contributed by atoms with Crippen molar-refractivity contribution in [3.05, 3.63) is 11.3 Å². The number of hydrogen-bond acceptors (Lipinski definition) is 3. The Kier molecular flexibility index (Phi) is 4.82. The van der Waals surface area contributed by atoms with Gasteiger partial charge in [0.2, 0.25) is 6.29 Å². The van der Waals surface area contributed by atoms with Gasteiger partial charge in [0.05, 0.1) is 11.7 Å². The zero-order valence-corrected chi connectivity index (χ0v) is 14.4. The Morgan fingerprint density at radius 1 is 1.14 bits per heavy atom. The van der Waals surface area contributed by atoms with Crippen molar-refractivity contribution in [2.24, 2.45) is 17.3 Å². The molecule has 0 N–H and O–H groups in total. The van der Waals surface area contributed by atoms with E-state index in [-0.39, 0.29) is 23.6 Å². The third-order valence-corrected chi connectivity index (χ3v) is 4.97. The molecule has 0 saturated heterocycles. The normalized spacial score (nSPS) is 31.4. The van der Waals surface area contributed by atoms with Crippen LogP contribution in [-0.2, 0) is 14.3 Å². The molecule has 1 heterocycles. The van der Waals surface area contributed by atoms with E-state index >= 15 is 0 Å². The van der Waals surface area contributed by atoms with Crippen LogP contribution in [0.15, 0.2) is 11.3 Å². The van der Waals surface area contributed by atoms with Gasteiger partial charge in [0.15, 0.2) is 5.78 Å². The van der Waals surface area contributed by atoms with Gasteiger partial charge in [-0.2, -0.15) is 0 Å². The first kappa shape index (κ1) is 16.5. The summed E-state index contributed by atoms with van der Waals surface area (Å²) in [6.07, 6.45) is 3.15. The highest BCUT2D eigenvalue weighted by Crippen LogP contribution is 2.44. The van der Waals surface area contributed by atoms with Crippen molar-refractivity contribution < 1.29 is 14.3 Å². The lowest BCUT2D eigenvalue weighted by Gasteiger charge is -2.43. The maximum atomic E-state index is 12.6. The molecule has 21 heavy (non-hydrogen) atoms. The molecule has 1 aliphatic carbocycles. The quantitative estimate of drug-likeness (QED) is 0.767. The summed E-state index contributed by atoms with van der Waals surface area (Å²) in [6.45, 7) is 12.9. The summed E-state index contributed by atoms with van der Waals surface area (Å²) in [5.74, 6) is 1.80. The van der Waals surface area contributed by atoms with Crippen molar-refractivity contribution in [1.82, 2.24) is 0 Å². The molecular weight excluding hydrogens is 264 g/mol. The highest BCUT2D eigenvalue weighted by atomic mass is 16.7. The lowest BCUT2D eigenvalue weighted by molar-refractivity contribution is -0.201. The lowest BCUT2D eigenvalue weighted by atomic mass is 9.73. The van der Waals surface area contributed by atoms with Gasteiger partial charge >= 0.3 is 0 Å². The number of allylic oxidation sites excluding steroid dienone is 1. The zero-order chi connectivity index (χ0) is 15.8. The molecule has 4 atom stereocenters.